The molecule has 0 aliphatic rings. The summed E-state index contributed by atoms with van der Waals surface area (Å²) in [6.07, 6.45) is 0. The first-order valence-corrected chi connectivity index (χ1v) is 3.04. The van der Waals surface area contributed by atoms with Gasteiger partial charge in [-0.2, -0.15) is 0 Å². The Morgan fingerprint density at radius 1 is 1.36 bits per heavy atom. The minimum atomic E-state index is -3.00. The lowest BCUT2D eigenvalue weighted by Crippen LogP contribution is -2.21. The molecule has 0 atom stereocenters. The Kier molecular flexibility index (Phi) is 0.862. The van der Waals surface area contributed by atoms with E-state index in [4.69, 9.17) is 8.22 Å². The van der Waals surface area contributed by atoms with Crippen LogP contribution >= 0.6 is 0 Å². The van der Waals surface area contributed by atoms with Gasteiger partial charge in [-0.05, 0) is 12.1 Å². The van der Waals surface area contributed by atoms with Crippen LogP contribution in [0.15, 0.2) is 30.3 Å². The van der Waals surface area contributed by atoms with E-state index in [0.717, 1.165) is 0 Å². The average Bonchev–Trinajstić information content (AvgIpc) is 2.14. The molecule has 0 aliphatic heterocycles. The fourth-order valence-corrected chi connectivity index (χ4v) is 0.710. The third kappa shape index (κ3) is 1.80. The summed E-state index contributed by atoms with van der Waals surface area (Å²) >= 11 is 0. The number of nitrogens with zero attached hydrogens (tertiary/aromatic N) is 1. The second-order valence-electron chi connectivity index (χ2n) is 2.01. The van der Waals surface area contributed by atoms with Crippen LogP contribution in [-0.4, -0.2) is 24.8 Å². The summed E-state index contributed by atoms with van der Waals surface area (Å²) in [5.74, 6) is -1.04. The van der Waals surface area contributed by atoms with E-state index in [2.05, 4.69) is 0 Å². The molecule has 1 aromatic rings. The fraction of sp³-hybridized carbons (Fsp3) is 0.222. The monoisotopic (exact) mass is 155 g/mol. The molecule has 1 aromatic carbocycles. The Bertz CT molecular complexity index is 382. The minimum absolute atomic E-state index is 0.0275. The average molecular weight is 155 g/mol. The highest BCUT2D eigenvalue weighted by Crippen LogP contribution is 2.00. The van der Waals surface area contributed by atoms with Crippen LogP contribution in [0.5, 0.6) is 0 Å². The zero-order valence-electron chi connectivity index (χ0n) is 11.7. The van der Waals surface area contributed by atoms with Gasteiger partial charge in [0.05, 0.1) is 0 Å². The van der Waals surface area contributed by atoms with Crippen molar-refractivity contribution in [3.05, 3.63) is 35.9 Å². The Morgan fingerprint density at radius 2 is 2.00 bits per heavy atom. The van der Waals surface area contributed by atoms with Crippen molar-refractivity contribution in [2.75, 3.05) is 14.0 Å². The lowest BCUT2D eigenvalue weighted by molar-refractivity contribution is 0.0827. The number of carbonyl (C=O) groups excluding carboxylic acids is 1. The molecule has 2 nitrogen and oxygen atoms in total. The van der Waals surface area contributed by atoms with Crippen molar-refractivity contribution >= 4 is 5.91 Å². The molecule has 0 spiro atoms. The quantitative estimate of drug-likeness (QED) is 0.600. The van der Waals surface area contributed by atoms with Crippen molar-refractivity contribution < 1.29 is 13.0 Å². The zero-order valence-corrected chi connectivity index (χ0v) is 5.74. The molecule has 0 radical (unpaired) electrons. The summed E-state index contributed by atoms with van der Waals surface area (Å²) in [6.45, 7) is -6.00. The van der Waals surface area contributed by atoms with Crippen LogP contribution in [0, 0.1) is 0 Å². The highest BCUT2D eigenvalue weighted by Gasteiger charge is 2.04. The maximum absolute atomic E-state index is 11.8. The lowest BCUT2D eigenvalue weighted by Gasteiger charge is -2.08. The molecule has 0 saturated carbocycles. The van der Waals surface area contributed by atoms with Crippen molar-refractivity contribution in [3.8, 4) is 0 Å². The predicted octanol–water partition coefficient (Wildman–Crippen LogP) is 1.39. The van der Waals surface area contributed by atoms with E-state index in [1.807, 2.05) is 0 Å². The first-order chi connectivity index (χ1) is 7.64. The van der Waals surface area contributed by atoms with Gasteiger partial charge in [-0.1, -0.05) is 18.2 Å². The van der Waals surface area contributed by atoms with Crippen molar-refractivity contribution in [3.63, 3.8) is 0 Å². The molecular formula is C9H11NO. The van der Waals surface area contributed by atoms with Gasteiger partial charge in [-0.25, -0.2) is 0 Å². The molecule has 2 heteroatoms. The third-order valence-corrected chi connectivity index (χ3v) is 1.22. The van der Waals surface area contributed by atoms with Gasteiger partial charge in [0, 0.05) is 27.7 Å². The van der Waals surface area contributed by atoms with Crippen LogP contribution in [-0.2, 0) is 0 Å². The van der Waals surface area contributed by atoms with E-state index in [1.54, 1.807) is 6.07 Å². The van der Waals surface area contributed by atoms with E-state index in [9.17, 15) is 4.79 Å². The second-order valence-corrected chi connectivity index (χ2v) is 2.01. The van der Waals surface area contributed by atoms with Crippen LogP contribution in [0.3, 0.4) is 0 Å². The summed E-state index contributed by atoms with van der Waals surface area (Å²) in [5.41, 5.74) is 0.0275. The summed E-state index contributed by atoms with van der Waals surface area (Å²) < 4.78 is 42.6. The van der Waals surface area contributed by atoms with Crippen molar-refractivity contribution in [2.45, 2.75) is 0 Å². The topological polar surface area (TPSA) is 20.3 Å². The number of hydrogen-bond donors (Lipinski definition) is 0. The number of amides is 1. The smallest absolute Gasteiger partial charge is 0.253 e. The molecule has 0 bridgehead atoms. The highest BCUT2D eigenvalue weighted by atomic mass is 16.2. The largest absolute Gasteiger partial charge is 0.345 e. The standard InChI is InChI=1S/C9H11NO/c1-10(2)9(11)8-6-4-3-5-7-8/h3-7H,1-2H3/i1D3,2D3. The summed E-state index contributed by atoms with van der Waals surface area (Å²) in [5, 5.41) is 0. The normalized spacial score (nSPS) is 19.6. The molecule has 0 aliphatic carbocycles. The SMILES string of the molecule is [2H]C([2H])([2H])N(C(=O)c1ccccc1)C([2H])([2H])[2H]. The third-order valence-electron chi connectivity index (χ3n) is 1.22. The van der Waals surface area contributed by atoms with Gasteiger partial charge in [0.25, 0.3) is 5.91 Å². The minimum Gasteiger partial charge on any atom is -0.345 e. The predicted molar refractivity (Wildman–Crippen MR) is 44.5 cm³/mol. The number of carbonyl (C=O) groups is 1. The van der Waals surface area contributed by atoms with Crippen molar-refractivity contribution in [2.24, 2.45) is 0 Å². The maximum atomic E-state index is 11.8. The van der Waals surface area contributed by atoms with E-state index in [1.165, 1.54) is 24.3 Å². The Balaban J connectivity index is 3.14. The molecular weight excluding hydrogens is 138 g/mol. The van der Waals surface area contributed by atoms with E-state index in [-0.39, 0.29) is 10.5 Å². The van der Waals surface area contributed by atoms with E-state index < -0.39 is 19.9 Å². The summed E-state index contributed by atoms with van der Waals surface area (Å²) in [6, 6.07) is 7.44. The Hall–Kier alpha value is -1.31. The number of hydrogen-bond acceptors (Lipinski definition) is 1. The zero-order chi connectivity index (χ0) is 13.3. The molecule has 1 rings (SSSR count). The van der Waals surface area contributed by atoms with E-state index >= 15 is 0 Å². The number of rotatable bonds is 1. The van der Waals surface area contributed by atoms with Gasteiger partial charge in [0.15, 0.2) is 0 Å². The van der Waals surface area contributed by atoms with Crippen LogP contribution in [0.2, 0.25) is 0 Å². The van der Waals surface area contributed by atoms with Gasteiger partial charge >= 0.3 is 0 Å². The Morgan fingerprint density at radius 3 is 2.55 bits per heavy atom. The second kappa shape index (κ2) is 3.19. The molecule has 1 amide bonds. The molecule has 0 heterocycles. The van der Waals surface area contributed by atoms with Gasteiger partial charge in [-0.3, -0.25) is 4.79 Å². The van der Waals surface area contributed by atoms with E-state index in [0.29, 0.717) is 0 Å². The lowest BCUT2D eigenvalue weighted by atomic mass is 10.2. The maximum Gasteiger partial charge on any atom is 0.253 e. The first kappa shape index (κ1) is 2.97. The van der Waals surface area contributed by atoms with Crippen molar-refractivity contribution in [1.29, 1.82) is 0 Å². The fourth-order valence-electron chi connectivity index (χ4n) is 0.710. The van der Waals surface area contributed by atoms with Crippen LogP contribution in [0.4, 0.5) is 0 Å². The van der Waals surface area contributed by atoms with Gasteiger partial charge < -0.3 is 4.90 Å². The van der Waals surface area contributed by atoms with Gasteiger partial charge in [0.1, 0.15) is 0 Å². The number of benzene rings is 1. The molecule has 0 saturated heterocycles. The Labute approximate surface area is 74.9 Å². The molecule has 58 valence electrons. The van der Waals surface area contributed by atoms with Gasteiger partial charge in [0.2, 0.25) is 0 Å². The van der Waals surface area contributed by atoms with Crippen LogP contribution in [0.25, 0.3) is 0 Å². The first-order valence-electron chi connectivity index (χ1n) is 6.04. The molecule has 0 N–H and O–H groups in total. The summed E-state index contributed by atoms with van der Waals surface area (Å²) in [4.78, 5) is 11.8. The van der Waals surface area contributed by atoms with Crippen molar-refractivity contribution in [1.82, 2.24) is 4.90 Å². The van der Waals surface area contributed by atoms with Gasteiger partial charge in [-0.15, -0.1) is 0 Å². The molecule has 0 fully saturated rings. The van der Waals surface area contributed by atoms with Crippen LogP contribution < -0.4 is 0 Å². The highest BCUT2D eigenvalue weighted by molar-refractivity contribution is 5.93. The molecule has 0 unspecified atom stereocenters. The molecule has 11 heavy (non-hydrogen) atoms. The molecule has 0 aromatic heterocycles. The summed E-state index contributed by atoms with van der Waals surface area (Å²) in [7, 11) is 0. The van der Waals surface area contributed by atoms with Crippen LogP contribution in [0.1, 0.15) is 18.6 Å².